The van der Waals surface area contributed by atoms with Crippen molar-refractivity contribution in [3.8, 4) is 0 Å². The normalized spacial score (nSPS) is 19.9. The molecule has 4 heterocycles. The van der Waals surface area contributed by atoms with Crippen molar-refractivity contribution in [1.82, 2.24) is 14.9 Å². The van der Waals surface area contributed by atoms with Crippen LogP contribution in [0.25, 0.3) is 10.9 Å². The van der Waals surface area contributed by atoms with Crippen molar-refractivity contribution in [2.24, 2.45) is 4.99 Å². The summed E-state index contributed by atoms with van der Waals surface area (Å²) >= 11 is 3.85. The van der Waals surface area contributed by atoms with Gasteiger partial charge in [-0.05, 0) is 24.3 Å². The molecule has 2 aliphatic rings. The van der Waals surface area contributed by atoms with Crippen molar-refractivity contribution in [3.05, 3.63) is 54.4 Å². The fraction of sp³-hybridized carbons (Fsp3) is 0.364. The summed E-state index contributed by atoms with van der Waals surface area (Å²) in [7, 11) is -2.20. The highest BCUT2D eigenvalue weighted by molar-refractivity contribution is 8.15. The van der Waals surface area contributed by atoms with Crippen LogP contribution in [0.15, 0.2) is 58.7 Å². The summed E-state index contributed by atoms with van der Waals surface area (Å²) in [5.41, 5.74) is 2.31. The zero-order chi connectivity index (χ0) is 22.1. The Kier molecular flexibility index (Phi) is 6.20. The lowest BCUT2D eigenvalue weighted by atomic mass is 10.2. The van der Waals surface area contributed by atoms with E-state index in [0.717, 1.165) is 47.8 Å². The lowest BCUT2D eigenvalue weighted by molar-refractivity contribution is 0.305. The Balaban J connectivity index is 1.38. The number of pyridine rings is 1. The van der Waals surface area contributed by atoms with Gasteiger partial charge in [-0.1, -0.05) is 30.0 Å². The Morgan fingerprint density at radius 1 is 1.19 bits per heavy atom. The first-order chi connectivity index (χ1) is 15.5. The molecule has 5 rings (SSSR count). The van der Waals surface area contributed by atoms with Gasteiger partial charge in [0.2, 0.25) is 0 Å². The average molecular weight is 488 g/mol. The van der Waals surface area contributed by atoms with Gasteiger partial charge in [-0.25, -0.2) is 4.98 Å². The standard InChI is InChI=1S/C22H25N5O2S3/c1-26(32(28,29)20-7-2-3-8-23-20)19-6-4-5-16-13-18(25-21(16)19)22-24-14-17(31-22)15-27-9-11-30-12-10-27/h2-8,13,17,25H,9-12,14-15H2,1H3. The van der Waals surface area contributed by atoms with Crippen LogP contribution >= 0.6 is 23.5 Å². The monoisotopic (exact) mass is 487 g/mol. The first-order valence-corrected chi connectivity index (χ1v) is 14.0. The molecule has 1 atom stereocenters. The molecule has 2 aromatic heterocycles. The zero-order valence-corrected chi connectivity index (χ0v) is 20.2. The van der Waals surface area contributed by atoms with Crippen molar-refractivity contribution in [2.45, 2.75) is 10.3 Å². The van der Waals surface area contributed by atoms with Crippen LogP contribution in [0.2, 0.25) is 0 Å². The summed E-state index contributed by atoms with van der Waals surface area (Å²) in [5.74, 6) is 2.43. The molecular formula is C22H25N5O2S3. The third-order valence-electron chi connectivity index (χ3n) is 5.75. The van der Waals surface area contributed by atoms with Crippen LogP contribution in [-0.4, -0.2) is 78.3 Å². The number of nitrogens with zero attached hydrogens (tertiary/aromatic N) is 4. The molecule has 0 spiro atoms. The van der Waals surface area contributed by atoms with E-state index < -0.39 is 10.0 Å². The van der Waals surface area contributed by atoms with Crippen molar-refractivity contribution in [1.29, 1.82) is 0 Å². The highest BCUT2D eigenvalue weighted by atomic mass is 32.2. The Morgan fingerprint density at radius 2 is 2.03 bits per heavy atom. The summed E-state index contributed by atoms with van der Waals surface area (Å²) < 4.78 is 27.5. The fourth-order valence-electron chi connectivity index (χ4n) is 4.02. The number of para-hydroxylation sites is 1. The number of fused-ring (bicyclic) bond motifs is 1. The van der Waals surface area contributed by atoms with E-state index in [9.17, 15) is 8.42 Å². The van der Waals surface area contributed by atoms with E-state index in [1.165, 1.54) is 28.1 Å². The Bertz CT molecular complexity index is 1240. The van der Waals surface area contributed by atoms with E-state index in [1.54, 1.807) is 19.2 Å². The minimum atomic E-state index is -3.76. The molecule has 7 nitrogen and oxygen atoms in total. The second kappa shape index (κ2) is 9.09. The second-order valence-corrected chi connectivity index (χ2v) is 12.3. The maximum Gasteiger partial charge on any atom is 0.281 e. The number of nitrogens with one attached hydrogen (secondary N) is 1. The lowest BCUT2D eigenvalue weighted by Gasteiger charge is -2.28. The highest BCUT2D eigenvalue weighted by Gasteiger charge is 2.27. The molecule has 1 aromatic carbocycles. The predicted octanol–water partition coefficient (Wildman–Crippen LogP) is 3.30. The van der Waals surface area contributed by atoms with Crippen molar-refractivity contribution in [2.75, 3.05) is 49.0 Å². The molecular weight excluding hydrogens is 462 g/mol. The third kappa shape index (κ3) is 4.28. The van der Waals surface area contributed by atoms with Crippen molar-refractivity contribution in [3.63, 3.8) is 0 Å². The van der Waals surface area contributed by atoms with E-state index in [0.29, 0.717) is 10.9 Å². The van der Waals surface area contributed by atoms with Gasteiger partial charge in [0.15, 0.2) is 5.03 Å². The maximum absolute atomic E-state index is 13.1. The number of sulfonamides is 1. The smallest absolute Gasteiger partial charge is 0.281 e. The van der Waals surface area contributed by atoms with Crippen LogP contribution in [0.3, 0.4) is 0 Å². The minimum Gasteiger partial charge on any atom is -0.351 e. The topological polar surface area (TPSA) is 81.7 Å². The quantitative estimate of drug-likeness (QED) is 0.575. The molecule has 1 N–H and O–H groups in total. The number of thioether (sulfide) groups is 2. The van der Waals surface area contributed by atoms with Crippen molar-refractivity contribution >= 4 is 55.2 Å². The van der Waals surface area contributed by atoms with Gasteiger partial charge in [0.1, 0.15) is 5.04 Å². The molecule has 32 heavy (non-hydrogen) atoms. The fourth-order valence-corrected chi connectivity index (χ4v) is 7.27. The van der Waals surface area contributed by atoms with E-state index in [1.807, 2.05) is 41.7 Å². The molecule has 3 aromatic rings. The van der Waals surface area contributed by atoms with E-state index in [2.05, 4.69) is 20.9 Å². The summed E-state index contributed by atoms with van der Waals surface area (Å²) in [5, 5.41) is 2.45. The number of benzene rings is 1. The molecule has 0 saturated carbocycles. The number of rotatable bonds is 6. The van der Waals surface area contributed by atoms with Crippen LogP contribution < -0.4 is 4.31 Å². The average Bonchev–Trinajstić information content (AvgIpc) is 3.46. The van der Waals surface area contributed by atoms with Gasteiger partial charge < -0.3 is 9.88 Å². The number of hydrogen-bond donors (Lipinski definition) is 1. The molecule has 10 heteroatoms. The maximum atomic E-state index is 13.1. The number of hydrogen-bond acceptors (Lipinski definition) is 7. The summed E-state index contributed by atoms with van der Waals surface area (Å²) in [6, 6.07) is 12.6. The first kappa shape index (κ1) is 21.8. The van der Waals surface area contributed by atoms with Crippen LogP contribution in [0.5, 0.6) is 0 Å². The number of anilines is 1. The van der Waals surface area contributed by atoms with Gasteiger partial charge in [0.25, 0.3) is 10.0 Å². The lowest BCUT2D eigenvalue weighted by Crippen LogP contribution is -2.37. The predicted molar refractivity (Wildman–Crippen MR) is 135 cm³/mol. The molecule has 1 fully saturated rings. The van der Waals surface area contributed by atoms with Gasteiger partial charge in [-0.3, -0.25) is 9.30 Å². The van der Waals surface area contributed by atoms with Gasteiger partial charge in [0, 0.05) is 55.0 Å². The van der Waals surface area contributed by atoms with E-state index >= 15 is 0 Å². The third-order valence-corrected chi connectivity index (χ3v) is 9.58. The molecule has 1 unspecified atom stereocenters. The first-order valence-electron chi connectivity index (χ1n) is 10.6. The Labute approximate surface area is 196 Å². The molecule has 0 aliphatic carbocycles. The van der Waals surface area contributed by atoms with E-state index in [4.69, 9.17) is 4.99 Å². The van der Waals surface area contributed by atoms with Gasteiger partial charge in [0.05, 0.1) is 23.4 Å². The van der Waals surface area contributed by atoms with Gasteiger partial charge in [-0.2, -0.15) is 20.2 Å². The van der Waals surface area contributed by atoms with Crippen LogP contribution in [0, 0.1) is 0 Å². The molecule has 1 saturated heterocycles. The summed E-state index contributed by atoms with van der Waals surface area (Å²) in [6.07, 6.45) is 1.49. The molecule has 0 amide bonds. The molecule has 2 aliphatic heterocycles. The minimum absolute atomic E-state index is 0.0287. The van der Waals surface area contributed by atoms with Crippen LogP contribution in [-0.2, 0) is 10.0 Å². The molecule has 168 valence electrons. The Morgan fingerprint density at radius 3 is 2.81 bits per heavy atom. The van der Waals surface area contributed by atoms with Gasteiger partial charge >= 0.3 is 0 Å². The zero-order valence-electron chi connectivity index (χ0n) is 17.8. The largest absolute Gasteiger partial charge is 0.351 e. The second-order valence-electron chi connectivity index (χ2n) is 7.86. The summed E-state index contributed by atoms with van der Waals surface area (Å²) in [6.45, 7) is 4.20. The molecule has 0 bridgehead atoms. The van der Waals surface area contributed by atoms with Crippen molar-refractivity contribution < 1.29 is 8.42 Å². The Hall–Kier alpha value is -2.01. The van der Waals surface area contributed by atoms with E-state index in [-0.39, 0.29) is 5.03 Å². The number of H-pyrrole nitrogens is 1. The molecule has 0 radical (unpaired) electrons. The summed E-state index contributed by atoms with van der Waals surface area (Å²) in [4.78, 5) is 14.8. The SMILES string of the molecule is CN(c1cccc2cc(C3=NCC(CN4CCSCC4)S3)[nH]c12)S(=O)(=O)c1ccccn1. The van der Waals surface area contributed by atoms with Crippen LogP contribution in [0.4, 0.5) is 5.69 Å². The number of aromatic amines is 1. The highest BCUT2D eigenvalue weighted by Crippen LogP contribution is 2.33. The number of aliphatic imine (C=N–C) groups is 1. The van der Waals surface area contributed by atoms with Gasteiger partial charge in [-0.15, -0.1) is 0 Å². The number of aromatic nitrogens is 2. The van der Waals surface area contributed by atoms with Crippen LogP contribution in [0.1, 0.15) is 5.69 Å².